The second-order valence-corrected chi connectivity index (χ2v) is 8.72. The average molecular weight is 439 g/mol. The van der Waals surface area contributed by atoms with Crippen molar-refractivity contribution in [2.75, 3.05) is 4.90 Å². The molecule has 5 heteroatoms. The second kappa shape index (κ2) is 8.24. The molecule has 0 amide bonds. The van der Waals surface area contributed by atoms with Gasteiger partial charge in [0, 0.05) is 29.0 Å². The summed E-state index contributed by atoms with van der Waals surface area (Å²) >= 11 is 5.90. The largest absolute Gasteiger partial charge is 0.351 e. The third-order valence-corrected chi connectivity index (χ3v) is 6.60. The molecule has 32 heavy (non-hydrogen) atoms. The van der Waals surface area contributed by atoms with Crippen LogP contribution in [0, 0.1) is 20.8 Å². The van der Waals surface area contributed by atoms with E-state index in [1.54, 1.807) is 0 Å². The first-order chi connectivity index (χ1) is 15.5. The number of anilines is 1. The van der Waals surface area contributed by atoms with E-state index in [1.807, 2.05) is 24.4 Å². The predicted octanol–water partition coefficient (Wildman–Crippen LogP) is 5.97. The number of rotatable bonds is 4. The first-order valence-corrected chi connectivity index (χ1v) is 11.3. The molecule has 0 saturated carbocycles. The van der Waals surface area contributed by atoms with Crippen LogP contribution in [0.5, 0.6) is 0 Å². The number of aryl methyl sites for hydroxylation is 3. The molecule has 0 aliphatic carbocycles. The van der Waals surface area contributed by atoms with E-state index in [4.69, 9.17) is 12.2 Å². The molecule has 5 rings (SSSR count). The van der Waals surface area contributed by atoms with Gasteiger partial charge in [-0.2, -0.15) is 0 Å². The van der Waals surface area contributed by atoms with Gasteiger partial charge in [-0.15, -0.1) is 0 Å². The number of nitrogens with one attached hydrogen (secondary N) is 1. The van der Waals surface area contributed by atoms with Crippen molar-refractivity contribution in [1.29, 1.82) is 0 Å². The SMILES string of the molecule is Cc1ccc(N2C(=S)N[C@@H](c3ccccn3)[C@@H]2c2ccc(C)n2-c2ccccc2)cc1C. The molecule has 1 aliphatic heterocycles. The van der Waals surface area contributed by atoms with E-state index in [9.17, 15) is 0 Å². The van der Waals surface area contributed by atoms with E-state index in [-0.39, 0.29) is 12.1 Å². The summed E-state index contributed by atoms with van der Waals surface area (Å²) in [7, 11) is 0. The highest BCUT2D eigenvalue weighted by Crippen LogP contribution is 2.43. The minimum atomic E-state index is -0.0675. The molecule has 0 spiro atoms. The number of hydrogen-bond donors (Lipinski definition) is 1. The maximum absolute atomic E-state index is 5.90. The fraction of sp³-hybridized carbons (Fsp3) is 0.185. The van der Waals surface area contributed by atoms with Crippen LogP contribution in [0.3, 0.4) is 0 Å². The number of thiocarbonyl (C=S) groups is 1. The Bertz CT molecular complexity index is 1260. The first kappa shape index (κ1) is 20.5. The molecule has 3 heterocycles. The third kappa shape index (κ3) is 3.49. The molecule has 1 fully saturated rings. The third-order valence-electron chi connectivity index (χ3n) is 6.29. The lowest BCUT2D eigenvalue weighted by Crippen LogP contribution is -2.30. The molecule has 4 aromatic rings. The minimum absolute atomic E-state index is 0.0478. The van der Waals surface area contributed by atoms with Gasteiger partial charge in [0.15, 0.2) is 5.11 Å². The van der Waals surface area contributed by atoms with E-state index in [1.165, 1.54) is 22.5 Å². The van der Waals surface area contributed by atoms with Crippen LogP contribution in [0.25, 0.3) is 5.69 Å². The number of pyridine rings is 1. The molecule has 0 radical (unpaired) electrons. The number of para-hydroxylation sites is 1. The van der Waals surface area contributed by atoms with Crippen LogP contribution >= 0.6 is 12.2 Å². The van der Waals surface area contributed by atoms with Crippen LogP contribution in [0.15, 0.2) is 85.1 Å². The van der Waals surface area contributed by atoms with Gasteiger partial charge in [-0.1, -0.05) is 30.3 Å². The number of hydrogen-bond acceptors (Lipinski definition) is 2. The fourth-order valence-corrected chi connectivity index (χ4v) is 4.87. The average Bonchev–Trinajstić information content (AvgIpc) is 3.36. The van der Waals surface area contributed by atoms with Gasteiger partial charge < -0.3 is 14.8 Å². The van der Waals surface area contributed by atoms with Gasteiger partial charge in [0.25, 0.3) is 0 Å². The van der Waals surface area contributed by atoms with Crippen LogP contribution in [0.1, 0.15) is 40.3 Å². The first-order valence-electron chi connectivity index (χ1n) is 10.9. The predicted molar refractivity (Wildman–Crippen MR) is 134 cm³/mol. The molecule has 2 aromatic carbocycles. The van der Waals surface area contributed by atoms with Crippen LogP contribution in [0.2, 0.25) is 0 Å². The Hall–Kier alpha value is -3.44. The van der Waals surface area contributed by atoms with Crippen LogP contribution in [-0.2, 0) is 0 Å². The molecule has 2 aromatic heterocycles. The Kier molecular flexibility index (Phi) is 5.27. The summed E-state index contributed by atoms with van der Waals surface area (Å²) < 4.78 is 2.32. The van der Waals surface area contributed by atoms with Crippen LogP contribution in [-0.4, -0.2) is 14.7 Å². The molecular formula is C27H26N4S. The number of aromatic nitrogens is 2. The summed E-state index contributed by atoms with van der Waals surface area (Å²) in [6.45, 7) is 6.43. The van der Waals surface area contributed by atoms with E-state index in [0.717, 1.165) is 17.1 Å². The Labute approximate surface area is 194 Å². The summed E-state index contributed by atoms with van der Waals surface area (Å²) in [5, 5.41) is 4.29. The van der Waals surface area contributed by atoms with Crippen molar-refractivity contribution in [3.63, 3.8) is 0 Å². The van der Waals surface area contributed by atoms with Gasteiger partial charge in [0.1, 0.15) is 6.04 Å². The highest BCUT2D eigenvalue weighted by molar-refractivity contribution is 7.80. The van der Waals surface area contributed by atoms with Crippen molar-refractivity contribution >= 4 is 23.0 Å². The topological polar surface area (TPSA) is 33.1 Å². The Morgan fingerprint density at radius 1 is 0.812 bits per heavy atom. The molecular weight excluding hydrogens is 412 g/mol. The number of benzene rings is 2. The lowest BCUT2D eigenvalue weighted by atomic mass is 10.00. The number of nitrogens with zero attached hydrogens (tertiary/aromatic N) is 3. The molecule has 1 saturated heterocycles. The zero-order valence-corrected chi connectivity index (χ0v) is 19.3. The molecule has 4 nitrogen and oxygen atoms in total. The van der Waals surface area contributed by atoms with Crippen molar-refractivity contribution in [2.24, 2.45) is 0 Å². The van der Waals surface area contributed by atoms with Gasteiger partial charge in [0.2, 0.25) is 0 Å². The lowest BCUT2D eigenvalue weighted by Gasteiger charge is -2.29. The van der Waals surface area contributed by atoms with Crippen molar-refractivity contribution in [3.8, 4) is 5.69 Å². The Morgan fingerprint density at radius 3 is 2.31 bits per heavy atom. The van der Waals surface area contributed by atoms with E-state index in [0.29, 0.717) is 5.11 Å². The van der Waals surface area contributed by atoms with Crippen molar-refractivity contribution in [2.45, 2.75) is 32.9 Å². The summed E-state index contributed by atoms with van der Waals surface area (Å²) in [6.07, 6.45) is 1.84. The van der Waals surface area contributed by atoms with Crippen molar-refractivity contribution in [3.05, 3.63) is 113 Å². The van der Waals surface area contributed by atoms with Crippen molar-refractivity contribution < 1.29 is 0 Å². The van der Waals surface area contributed by atoms with Gasteiger partial charge in [0.05, 0.1) is 11.7 Å². The lowest BCUT2D eigenvalue weighted by molar-refractivity contribution is 0.548. The van der Waals surface area contributed by atoms with Gasteiger partial charge >= 0.3 is 0 Å². The van der Waals surface area contributed by atoms with Gasteiger partial charge in [-0.05, 0) is 92.6 Å². The summed E-state index contributed by atoms with van der Waals surface area (Å²) in [4.78, 5) is 6.93. The quantitative estimate of drug-likeness (QED) is 0.398. The standard InChI is InChI=1S/C27H26N4S/c1-18-12-14-22(17-19(18)2)31-26(25(29-27(31)32)23-11-7-8-16-28-23)24-15-13-20(3)30(24)21-9-5-4-6-10-21/h4-17,25-26H,1-3H3,(H,29,32)/t25-,26-/m0/s1. The van der Waals surface area contributed by atoms with Crippen molar-refractivity contribution in [1.82, 2.24) is 14.9 Å². The summed E-state index contributed by atoms with van der Waals surface area (Å²) in [5.41, 5.74) is 8.09. The Morgan fingerprint density at radius 2 is 1.59 bits per heavy atom. The molecule has 1 aliphatic rings. The molecule has 160 valence electrons. The normalized spacial score (nSPS) is 18.1. The zero-order chi connectivity index (χ0) is 22.2. The van der Waals surface area contributed by atoms with Gasteiger partial charge in [-0.25, -0.2) is 0 Å². The molecule has 0 unspecified atom stereocenters. The molecule has 0 bridgehead atoms. The monoisotopic (exact) mass is 438 g/mol. The molecule has 1 N–H and O–H groups in total. The van der Waals surface area contributed by atoms with Gasteiger partial charge in [-0.3, -0.25) is 4.98 Å². The molecule has 2 atom stereocenters. The highest BCUT2D eigenvalue weighted by atomic mass is 32.1. The summed E-state index contributed by atoms with van der Waals surface area (Å²) in [5.74, 6) is 0. The zero-order valence-electron chi connectivity index (χ0n) is 18.5. The smallest absolute Gasteiger partial charge is 0.174 e. The van der Waals surface area contributed by atoms with E-state index < -0.39 is 0 Å². The minimum Gasteiger partial charge on any atom is -0.351 e. The van der Waals surface area contributed by atoms with E-state index >= 15 is 0 Å². The maximum atomic E-state index is 5.90. The highest BCUT2D eigenvalue weighted by Gasteiger charge is 2.42. The summed E-state index contributed by atoms with van der Waals surface area (Å²) in [6, 6.07) is 27.4. The maximum Gasteiger partial charge on any atom is 0.174 e. The Balaban J connectivity index is 1.71. The van der Waals surface area contributed by atoms with E-state index in [2.05, 4.69) is 101 Å². The fourth-order valence-electron chi connectivity index (χ4n) is 4.53. The van der Waals surface area contributed by atoms with Crippen LogP contribution in [0.4, 0.5) is 5.69 Å². The second-order valence-electron chi connectivity index (χ2n) is 8.34. The van der Waals surface area contributed by atoms with Crippen LogP contribution < -0.4 is 10.2 Å².